The number of aromatic amines is 1. The minimum atomic E-state index is -0.0365. The maximum Gasteiger partial charge on any atom is 0.252 e. The van der Waals surface area contributed by atoms with Crippen LogP contribution in [-0.2, 0) is 13.1 Å². The van der Waals surface area contributed by atoms with Crippen LogP contribution in [0.25, 0.3) is 10.9 Å². The Morgan fingerprint density at radius 3 is 2.53 bits per heavy atom. The van der Waals surface area contributed by atoms with Gasteiger partial charge in [0, 0.05) is 24.2 Å². The molecule has 0 unspecified atom stereocenters. The predicted octanol–water partition coefficient (Wildman–Crippen LogP) is 5.79. The van der Waals surface area contributed by atoms with Crippen molar-refractivity contribution in [3.05, 3.63) is 87.0 Å². The van der Waals surface area contributed by atoms with E-state index in [9.17, 15) is 4.79 Å². The number of benzene rings is 2. The topological polar surface area (TPSA) is 79.7 Å². The summed E-state index contributed by atoms with van der Waals surface area (Å²) in [6, 6.07) is 17.1. The lowest BCUT2D eigenvalue weighted by atomic mass is 9.95. The summed E-state index contributed by atoms with van der Waals surface area (Å²) < 4.78 is 2.07. The van der Waals surface area contributed by atoms with Crippen molar-refractivity contribution in [2.24, 2.45) is 0 Å². The van der Waals surface area contributed by atoms with Crippen LogP contribution in [0.2, 0.25) is 0 Å². The van der Waals surface area contributed by atoms with Crippen molar-refractivity contribution in [1.82, 2.24) is 30.1 Å². The number of aromatic nitrogens is 5. The van der Waals surface area contributed by atoms with Crippen LogP contribution in [0.4, 0.5) is 0 Å². The molecule has 4 aromatic rings. The molecule has 7 nitrogen and oxygen atoms in total. The van der Waals surface area contributed by atoms with Gasteiger partial charge >= 0.3 is 0 Å². The van der Waals surface area contributed by atoms with E-state index in [0.29, 0.717) is 19.1 Å². The van der Waals surface area contributed by atoms with Gasteiger partial charge in [-0.15, -0.1) is 5.10 Å². The van der Waals surface area contributed by atoms with Crippen LogP contribution in [-0.4, -0.2) is 30.1 Å². The number of tetrazole rings is 1. The molecule has 1 aliphatic carbocycles. The predicted molar refractivity (Wildman–Crippen MR) is 143 cm³/mol. The molecule has 2 heterocycles. The van der Waals surface area contributed by atoms with E-state index in [2.05, 4.69) is 93.3 Å². The number of hydrogen-bond donors (Lipinski definition) is 1. The summed E-state index contributed by atoms with van der Waals surface area (Å²) in [6.45, 7) is 7.59. The van der Waals surface area contributed by atoms with Gasteiger partial charge in [0.05, 0.1) is 12.1 Å². The zero-order chi connectivity index (χ0) is 25.1. The molecule has 2 aromatic carbocycles. The first-order chi connectivity index (χ1) is 17.5. The van der Waals surface area contributed by atoms with Crippen LogP contribution in [0, 0.1) is 13.8 Å². The van der Waals surface area contributed by atoms with E-state index in [0.717, 1.165) is 41.6 Å². The van der Waals surface area contributed by atoms with Crippen molar-refractivity contribution < 1.29 is 0 Å². The molecule has 1 aliphatic rings. The zero-order valence-electron chi connectivity index (χ0n) is 21.6. The zero-order valence-corrected chi connectivity index (χ0v) is 21.6. The SMILES string of the molecule is CC[C@H](c1nnnn1C1CCCCC1)N(Cc1ccccc1)Cc1cc2cc(C)c(C)cc2[nH]c1=O. The lowest BCUT2D eigenvalue weighted by Gasteiger charge is -2.32. The van der Waals surface area contributed by atoms with Crippen LogP contribution in [0.15, 0.2) is 53.3 Å². The van der Waals surface area contributed by atoms with Gasteiger partial charge in [0.1, 0.15) is 0 Å². The van der Waals surface area contributed by atoms with Crippen LogP contribution >= 0.6 is 0 Å². The Kier molecular flexibility index (Phi) is 7.28. The van der Waals surface area contributed by atoms with E-state index in [-0.39, 0.29) is 11.6 Å². The van der Waals surface area contributed by atoms with E-state index >= 15 is 0 Å². The molecular weight excluding hydrogens is 448 g/mol. The first kappa shape index (κ1) is 24.4. The van der Waals surface area contributed by atoms with Crippen molar-refractivity contribution >= 4 is 10.9 Å². The maximum absolute atomic E-state index is 13.2. The summed E-state index contributed by atoms with van der Waals surface area (Å²) in [4.78, 5) is 18.7. The fourth-order valence-corrected chi connectivity index (χ4v) is 5.56. The third-order valence-electron chi connectivity index (χ3n) is 7.70. The number of pyridine rings is 1. The van der Waals surface area contributed by atoms with Crippen molar-refractivity contribution in [3.8, 4) is 0 Å². The smallest absolute Gasteiger partial charge is 0.252 e. The largest absolute Gasteiger partial charge is 0.322 e. The number of nitrogens with zero attached hydrogens (tertiary/aromatic N) is 5. The Labute approximate surface area is 212 Å². The second-order valence-electron chi connectivity index (χ2n) is 10.2. The lowest BCUT2D eigenvalue weighted by Crippen LogP contribution is -2.33. The molecule has 2 aromatic heterocycles. The van der Waals surface area contributed by atoms with Crippen LogP contribution in [0.5, 0.6) is 0 Å². The highest BCUT2D eigenvalue weighted by Gasteiger charge is 2.29. The quantitative estimate of drug-likeness (QED) is 0.342. The molecule has 1 fully saturated rings. The number of fused-ring (bicyclic) bond motifs is 1. The molecular formula is C29H36N6O. The number of aryl methyl sites for hydroxylation is 2. The Balaban J connectivity index is 1.53. The monoisotopic (exact) mass is 484 g/mol. The fraction of sp³-hybridized carbons (Fsp3) is 0.448. The average Bonchev–Trinajstić information content (AvgIpc) is 3.37. The van der Waals surface area contributed by atoms with Crippen LogP contribution < -0.4 is 5.56 Å². The lowest BCUT2D eigenvalue weighted by molar-refractivity contribution is 0.155. The minimum absolute atomic E-state index is 0.00279. The Hall–Kier alpha value is -3.32. The minimum Gasteiger partial charge on any atom is -0.322 e. The summed E-state index contributed by atoms with van der Waals surface area (Å²) in [5, 5.41) is 14.1. The summed E-state index contributed by atoms with van der Waals surface area (Å²) in [7, 11) is 0. The van der Waals surface area contributed by atoms with Crippen LogP contribution in [0.3, 0.4) is 0 Å². The molecule has 188 valence electrons. The highest BCUT2D eigenvalue weighted by molar-refractivity contribution is 5.80. The molecule has 0 bridgehead atoms. The highest BCUT2D eigenvalue weighted by atomic mass is 16.1. The molecule has 0 saturated heterocycles. The van der Waals surface area contributed by atoms with E-state index in [4.69, 9.17) is 0 Å². The number of H-pyrrole nitrogens is 1. The average molecular weight is 485 g/mol. The maximum atomic E-state index is 13.2. The first-order valence-electron chi connectivity index (χ1n) is 13.2. The van der Waals surface area contributed by atoms with Gasteiger partial charge in [-0.3, -0.25) is 9.69 Å². The van der Waals surface area contributed by atoms with E-state index in [1.54, 1.807) is 0 Å². The highest BCUT2D eigenvalue weighted by Crippen LogP contribution is 2.32. The molecule has 0 radical (unpaired) electrons. The third-order valence-corrected chi connectivity index (χ3v) is 7.70. The van der Waals surface area contributed by atoms with E-state index in [1.165, 1.54) is 36.0 Å². The Bertz CT molecular complexity index is 1370. The fourth-order valence-electron chi connectivity index (χ4n) is 5.56. The molecule has 0 aliphatic heterocycles. The second-order valence-corrected chi connectivity index (χ2v) is 10.2. The molecule has 5 rings (SSSR count). The molecule has 1 N–H and O–H groups in total. The van der Waals surface area contributed by atoms with Crippen molar-refractivity contribution in [3.63, 3.8) is 0 Å². The van der Waals surface area contributed by atoms with Gasteiger partial charge in [0.2, 0.25) is 0 Å². The van der Waals surface area contributed by atoms with Gasteiger partial charge in [-0.05, 0) is 83.8 Å². The molecule has 0 spiro atoms. The number of rotatable bonds is 8. The molecule has 1 atom stereocenters. The second kappa shape index (κ2) is 10.7. The normalized spacial score (nSPS) is 15.6. The molecule has 7 heteroatoms. The molecule has 0 amide bonds. The van der Waals surface area contributed by atoms with Crippen molar-refractivity contribution in [2.45, 2.75) is 84.5 Å². The summed E-state index contributed by atoms with van der Waals surface area (Å²) in [5.41, 5.74) is 5.21. The van der Waals surface area contributed by atoms with Gasteiger partial charge in [-0.1, -0.05) is 56.5 Å². The summed E-state index contributed by atoms with van der Waals surface area (Å²) in [5.74, 6) is 0.906. The Morgan fingerprint density at radius 2 is 1.78 bits per heavy atom. The molecule has 1 saturated carbocycles. The summed E-state index contributed by atoms with van der Waals surface area (Å²) >= 11 is 0. The van der Waals surface area contributed by atoms with Gasteiger partial charge in [-0.2, -0.15) is 0 Å². The van der Waals surface area contributed by atoms with E-state index in [1.807, 2.05) is 6.07 Å². The van der Waals surface area contributed by atoms with Gasteiger partial charge in [-0.25, -0.2) is 4.68 Å². The van der Waals surface area contributed by atoms with Gasteiger partial charge < -0.3 is 4.98 Å². The van der Waals surface area contributed by atoms with Crippen molar-refractivity contribution in [2.75, 3.05) is 0 Å². The molecule has 36 heavy (non-hydrogen) atoms. The number of nitrogens with one attached hydrogen (secondary N) is 1. The third kappa shape index (κ3) is 5.12. The van der Waals surface area contributed by atoms with Crippen LogP contribution in [0.1, 0.15) is 85.6 Å². The van der Waals surface area contributed by atoms with Crippen molar-refractivity contribution in [1.29, 1.82) is 0 Å². The van der Waals surface area contributed by atoms with Gasteiger partial charge in [0.15, 0.2) is 5.82 Å². The number of hydrogen-bond acceptors (Lipinski definition) is 5. The van der Waals surface area contributed by atoms with Gasteiger partial charge in [0.25, 0.3) is 5.56 Å². The standard InChI is InChI=1S/C29H36N6O/c1-4-27(28-31-32-33-35(28)25-13-9-6-10-14-25)34(18-22-11-7-5-8-12-22)19-24-17-23-15-20(2)21(3)16-26(23)30-29(24)36/h5,7-8,11-12,15-17,25,27H,4,6,9-10,13-14,18-19H2,1-3H3,(H,30,36)/t27-/m1/s1. The summed E-state index contributed by atoms with van der Waals surface area (Å²) in [6.07, 6.45) is 6.82. The van der Waals surface area contributed by atoms with E-state index < -0.39 is 0 Å². The Morgan fingerprint density at radius 1 is 1.03 bits per heavy atom. The first-order valence-corrected chi connectivity index (χ1v) is 13.2.